The second-order valence-electron chi connectivity index (χ2n) is 7.04. The summed E-state index contributed by atoms with van der Waals surface area (Å²) in [4.78, 5) is 25.6. The van der Waals surface area contributed by atoms with Gasteiger partial charge in [-0.15, -0.1) is 0 Å². The number of piperidine rings is 1. The van der Waals surface area contributed by atoms with Gasteiger partial charge >= 0.3 is 11.7 Å². The first kappa shape index (κ1) is 19.3. The maximum Gasteiger partial charge on any atom is 0.410 e. The first-order chi connectivity index (χ1) is 13.1. The summed E-state index contributed by atoms with van der Waals surface area (Å²) in [7, 11) is 0. The lowest BCUT2D eigenvalue weighted by molar-refractivity contribution is 0.0421. The maximum atomic E-state index is 12.4. The van der Waals surface area contributed by atoms with Crippen LogP contribution in [0.4, 0.5) is 4.79 Å². The molecule has 0 spiro atoms. The first-order valence-electron chi connectivity index (χ1n) is 9.71. The molecular formula is C21H27NO5. The molecule has 3 rings (SSSR count). The molecule has 0 N–H and O–H groups in total. The van der Waals surface area contributed by atoms with E-state index in [9.17, 15) is 9.59 Å². The van der Waals surface area contributed by atoms with Gasteiger partial charge < -0.3 is 18.8 Å². The molecule has 1 amide bonds. The Labute approximate surface area is 159 Å². The molecule has 6 heteroatoms. The highest BCUT2D eigenvalue weighted by Gasteiger charge is 2.28. The van der Waals surface area contributed by atoms with Crippen molar-refractivity contribution < 1.29 is 18.7 Å². The van der Waals surface area contributed by atoms with Crippen molar-refractivity contribution in [1.29, 1.82) is 0 Å². The van der Waals surface area contributed by atoms with Crippen LogP contribution in [0.3, 0.4) is 0 Å². The van der Waals surface area contributed by atoms with Crippen molar-refractivity contribution in [1.82, 2.24) is 4.90 Å². The predicted octanol–water partition coefficient (Wildman–Crippen LogP) is 4.35. The van der Waals surface area contributed by atoms with Crippen molar-refractivity contribution in [3.8, 4) is 5.75 Å². The van der Waals surface area contributed by atoms with Crippen molar-refractivity contribution in [2.75, 3.05) is 13.2 Å². The number of rotatable bonds is 6. The zero-order chi connectivity index (χ0) is 19.2. The van der Waals surface area contributed by atoms with Crippen LogP contribution in [0, 0.1) is 0 Å². The maximum absolute atomic E-state index is 12.4. The van der Waals surface area contributed by atoms with Gasteiger partial charge in [-0.1, -0.05) is 6.92 Å². The molecule has 1 aromatic heterocycles. The van der Waals surface area contributed by atoms with Crippen molar-refractivity contribution in [2.45, 2.75) is 58.1 Å². The van der Waals surface area contributed by atoms with E-state index in [1.807, 2.05) is 30.9 Å². The van der Waals surface area contributed by atoms with Gasteiger partial charge in [-0.3, -0.25) is 0 Å². The molecule has 0 aliphatic carbocycles. The minimum absolute atomic E-state index is 0.0661. The Morgan fingerprint density at radius 1 is 1.30 bits per heavy atom. The lowest BCUT2D eigenvalue weighted by Gasteiger charge is -2.35. The molecule has 27 heavy (non-hydrogen) atoms. The van der Waals surface area contributed by atoms with Crippen LogP contribution in [0.1, 0.15) is 46.0 Å². The fourth-order valence-electron chi connectivity index (χ4n) is 3.31. The number of fused-ring (bicyclic) bond motifs is 1. The Morgan fingerprint density at radius 3 is 2.93 bits per heavy atom. The molecule has 1 fully saturated rings. The molecule has 0 saturated carbocycles. The average molecular weight is 373 g/mol. The normalized spacial score (nSPS) is 18.3. The van der Waals surface area contributed by atoms with Crippen molar-refractivity contribution in [2.24, 2.45) is 0 Å². The zero-order valence-electron chi connectivity index (χ0n) is 16.0. The summed E-state index contributed by atoms with van der Waals surface area (Å²) in [5.41, 5.74) is 0.133. The van der Waals surface area contributed by atoms with Crippen LogP contribution in [0.15, 0.2) is 39.5 Å². The molecule has 146 valence electrons. The van der Waals surface area contributed by atoms with Gasteiger partial charge in [-0.25, -0.2) is 9.59 Å². The van der Waals surface area contributed by atoms with E-state index in [1.54, 1.807) is 12.1 Å². The van der Waals surface area contributed by atoms with E-state index >= 15 is 0 Å². The number of likely N-dealkylation sites (tertiary alicyclic amines) is 1. The van der Waals surface area contributed by atoms with Crippen LogP contribution in [-0.2, 0) is 4.74 Å². The van der Waals surface area contributed by atoms with E-state index in [0.717, 1.165) is 44.0 Å². The summed E-state index contributed by atoms with van der Waals surface area (Å²) >= 11 is 0. The minimum Gasteiger partial charge on any atom is -0.493 e. The Hall–Kier alpha value is -2.50. The number of carbonyl (C=O) groups excluding carboxylic acids is 1. The topological polar surface area (TPSA) is 69.0 Å². The monoisotopic (exact) mass is 373 g/mol. The number of amides is 1. The molecule has 1 saturated heterocycles. The van der Waals surface area contributed by atoms with Crippen LogP contribution in [0.25, 0.3) is 11.0 Å². The quantitative estimate of drug-likeness (QED) is 0.704. The van der Waals surface area contributed by atoms with Gasteiger partial charge in [0.05, 0.1) is 6.61 Å². The minimum atomic E-state index is -0.377. The fraction of sp³-hybridized carbons (Fsp3) is 0.524. The molecule has 2 heterocycles. The highest BCUT2D eigenvalue weighted by atomic mass is 16.6. The molecule has 1 aliphatic heterocycles. The molecular weight excluding hydrogens is 346 g/mol. The van der Waals surface area contributed by atoms with E-state index in [2.05, 4.69) is 0 Å². The van der Waals surface area contributed by atoms with Gasteiger partial charge in [0.2, 0.25) is 0 Å². The second-order valence-corrected chi connectivity index (χ2v) is 7.04. The number of carbonyl (C=O) groups is 1. The SMILES string of the molecule is CCC(C)OC(=O)N1CCCCC1CCOc1ccc2ccc(=O)oc2c1. The van der Waals surface area contributed by atoms with E-state index in [-0.39, 0.29) is 23.9 Å². The molecule has 0 radical (unpaired) electrons. The third kappa shape index (κ3) is 5.02. The van der Waals surface area contributed by atoms with Gasteiger partial charge in [0.15, 0.2) is 0 Å². The van der Waals surface area contributed by atoms with Gasteiger partial charge in [0.1, 0.15) is 17.4 Å². The lowest BCUT2D eigenvalue weighted by atomic mass is 10.0. The Kier molecular flexibility index (Phi) is 6.37. The Bertz CT molecular complexity index is 831. The number of ether oxygens (including phenoxy) is 2. The summed E-state index contributed by atoms with van der Waals surface area (Å²) in [6.45, 7) is 5.14. The highest BCUT2D eigenvalue weighted by Crippen LogP contribution is 2.23. The third-order valence-electron chi connectivity index (χ3n) is 5.05. The molecule has 6 nitrogen and oxygen atoms in total. The average Bonchev–Trinajstić information content (AvgIpc) is 2.67. The Balaban J connectivity index is 1.57. The summed E-state index contributed by atoms with van der Waals surface area (Å²) in [6, 6.07) is 8.72. The largest absolute Gasteiger partial charge is 0.493 e. The number of nitrogens with zero attached hydrogens (tertiary/aromatic N) is 1. The molecule has 0 bridgehead atoms. The zero-order valence-corrected chi connectivity index (χ0v) is 16.0. The van der Waals surface area contributed by atoms with Crippen molar-refractivity contribution >= 4 is 17.1 Å². The van der Waals surface area contributed by atoms with Crippen molar-refractivity contribution in [3.63, 3.8) is 0 Å². The number of benzene rings is 1. The van der Waals surface area contributed by atoms with Gasteiger partial charge in [0.25, 0.3) is 0 Å². The third-order valence-corrected chi connectivity index (χ3v) is 5.05. The van der Waals surface area contributed by atoms with Crippen LogP contribution < -0.4 is 10.4 Å². The van der Waals surface area contributed by atoms with Crippen LogP contribution in [-0.4, -0.2) is 36.3 Å². The van der Waals surface area contributed by atoms with E-state index in [0.29, 0.717) is 17.9 Å². The predicted molar refractivity (Wildman–Crippen MR) is 103 cm³/mol. The van der Waals surface area contributed by atoms with Crippen LogP contribution in [0.2, 0.25) is 0 Å². The molecule has 1 aliphatic rings. The van der Waals surface area contributed by atoms with Gasteiger partial charge in [0, 0.05) is 36.5 Å². The van der Waals surface area contributed by atoms with E-state index < -0.39 is 0 Å². The van der Waals surface area contributed by atoms with E-state index in [4.69, 9.17) is 13.9 Å². The smallest absolute Gasteiger partial charge is 0.410 e. The molecule has 1 aromatic carbocycles. The molecule has 2 unspecified atom stereocenters. The first-order valence-corrected chi connectivity index (χ1v) is 9.71. The Morgan fingerprint density at radius 2 is 2.11 bits per heavy atom. The number of hydrogen-bond acceptors (Lipinski definition) is 5. The standard InChI is InChI=1S/C21H27NO5/c1-3-15(2)26-21(24)22-12-5-4-6-17(22)11-13-25-18-9-7-16-8-10-20(23)27-19(16)14-18/h7-10,14-15,17H,3-6,11-13H2,1-2H3. The second kappa shape index (κ2) is 8.93. The summed E-state index contributed by atoms with van der Waals surface area (Å²) in [5.74, 6) is 0.654. The van der Waals surface area contributed by atoms with E-state index in [1.165, 1.54) is 6.07 Å². The summed E-state index contributed by atoms with van der Waals surface area (Å²) in [5, 5.41) is 0.855. The summed E-state index contributed by atoms with van der Waals surface area (Å²) < 4.78 is 16.5. The van der Waals surface area contributed by atoms with Crippen LogP contribution >= 0.6 is 0 Å². The summed E-state index contributed by atoms with van der Waals surface area (Å²) in [6.07, 6.45) is 4.35. The van der Waals surface area contributed by atoms with Gasteiger partial charge in [-0.2, -0.15) is 0 Å². The van der Waals surface area contributed by atoms with Crippen LogP contribution in [0.5, 0.6) is 5.75 Å². The lowest BCUT2D eigenvalue weighted by Crippen LogP contribution is -2.45. The van der Waals surface area contributed by atoms with Gasteiger partial charge in [-0.05, 0) is 50.8 Å². The fourth-order valence-corrected chi connectivity index (χ4v) is 3.31. The van der Waals surface area contributed by atoms with Crippen molar-refractivity contribution in [3.05, 3.63) is 40.8 Å². The highest BCUT2D eigenvalue weighted by molar-refractivity contribution is 5.77. The molecule has 2 aromatic rings. The molecule has 2 atom stereocenters. The number of hydrogen-bond donors (Lipinski definition) is 0.